The molecular formula is C18H22FNO. The maximum absolute atomic E-state index is 13.5. The molecule has 0 aliphatic rings. The summed E-state index contributed by atoms with van der Waals surface area (Å²) < 4.78 is 13.5. The van der Waals surface area contributed by atoms with Crippen LogP contribution < -0.4 is 5.73 Å². The molecule has 0 fully saturated rings. The number of hydrogen-bond acceptors (Lipinski definition) is 2. The van der Waals surface area contributed by atoms with Gasteiger partial charge in [0.2, 0.25) is 0 Å². The molecule has 3 heteroatoms. The molecule has 3 N–H and O–H groups in total. The summed E-state index contributed by atoms with van der Waals surface area (Å²) in [6.45, 7) is 6.19. The van der Waals surface area contributed by atoms with Crippen LogP contribution in [0, 0.1) is 26.6 Å². The minimum atomic E-state index is -0.813. The maximum atomic E-state index is 13.5. The van der Waals surface area contributed by atoms with Gasteiger partial charge in [0, 0.05) is 12.5 Å². The van der Waals surface area contributed by atoms with Crippen molar-refractivity contribution in [1.82, 2.24) is 0 Å². The van der Waals surface area contributed by atoms with E-state index in [0.717, 1.165) is 16.7 Å². The fourth-order valence-corrected chi connectivity index (χ4v) is 2.61. The van der Waals surface area contributed by atoms with Crippen LogP contribution in [0.25, 0.3) is 0 Å². The second-order valence-corrected chi connectivity index (χ2v) is 5.69. The Bertz CT molecular complexity index is 619. The molecule has 2 aromatic carbocycles. The van der Waals surface area contributed by atoms with Crippen molar-refractivity contribution in [2.24, 2.45) is 5.73 Å². The van der Waals surface area contributed by atoms with E-state index in [-0.39, 0.29) is 11.7 Å². The molecule has 2 unspecified atom stereocenters. The standard InChI is InChI=1S/C18H22FNO/c1-11-6-15(9-16(19)7-11)18(21)17(10-20)14-5-4-12(2)13(3)8-14/h4-9,17-18,21H,10,20H2,1-3H3. The lowest BCUT2D eigenvalue weighted by molar-refractivity contribution is 0.147. The van der Waals surface area contributed by atoms with Gasteiger partial charge in [0.15, 0.2) is 0 Å². The highest BCUT2D eigenvalue weighted by molar-refractivity contribution is 5.35. The van der Waals surface area contributed by atoms with E-state index >= 15 is 0 Å². The van der Waals surface area contributed by atoms with Crippen LogP contribution in [0.4, 0.5) is 4.39 Å². The van der Waals surface area contributed by atoms with Gasteiger partial charge in [-0.25, -0.2) is 4.39 Å². The van der Waals surface area contributed by atoms with Gasteiger partial charge >= 0.3 is 0 Å². The minimum Gasteiger partial charge on any atom is -0.388 e. The number of hydrogen-bond donors (Lipinski definition) is 2. The van der Waals surface area contributed by atoms with Crippen LogP contribution in [-0.2, 0) is 0 Å². The third-order valence-corrected chi connectivity index (χ3v) is 4.00. The van der Waals surface area contributed by atoms with Gasteiger partial charge in [-0.15, -0.1) is 0 Å². The quantitative estimate of drug-likeness (QED) is 0.903. The molecule has 2 nitrogen and oxygen atoms in total. The van der Waals surface area contributed by atoms with E-state index in [1.54, 1.807) is 6.07 Å². The molecule has 0 spiro atoms. The summed E-state index contributed by atoms with van der Waals surface area (Å²) in [6, 6.07) is 10.7. The number of nitrogens with two attached hydrogens (primary N) is 1. The van der Waals surface area contributed by atoms with Gasteiger partial charge in [0.1, 0.15) is 5.82 Å². The summed E-state index contributed by atoms with van der Waals surface area (Å²) in [5.41, 5.74) is 10.6. The molecule has 112 valence electrons. The molecule has 0 radical (unpaired) electrons. The fourth-order valence-electron chi connectivity index (χ4n) is 2.61. The van der Waals surface area contributed by atoms with Crippen LogP contribution in [0.5, 0.6) is 0 Å². The van der Waals surface area contributed by atoms with Crippen molar-refractivity contribution in [2.75, 3.05) is 6.54 Å². The van der Waals surface area contributed by atoms with Gasteiger partial charge in [0.05, 0.1) is 6.10 Å². The summed E-state index contributed by atoms with van der Waals surface area (Å²) in [5, 5.41) is 10.6. The fraction of sp³-hybridized carbons (Fsp3) is 0.333. The van der Waals surface area contributed by atoms with Crippen molar-refractivity contribution < 1.29 is 9.50 Å². The van der Waals surface area contributed by atoms with E-state index in [0.29, 0.717) is 12.1 Å². The van der Waals surface area contributed by atoms with Crippen LogP contribution in [0.2, 0.25) is 0 Å². The van der Waals surface area contributed by atoms with E-state index in [4.69, 9.17) is 5.73 Å². The monoisotopic (exact) mass is 287 g/mol. The van der Waals surface area contributed by atoms with E-state index in [1.807, 2.05) is 39.0 Å². The van der Waals surface area contributed by atoms with Gasteiger partial charge in [-0.05, 0) is 60.7 Å². The maximum Gasteiger partial charge on any atom is 0.123 e. The number of benzene rings is 2. The molecular weight excluding hydrogens is 265 g/mol. The number of aliphatic hydroxyl groups is 1. The molecule has 0 saturated carbocycles. The summed E-state index contributed by atoms with van der Waals surface area (Å²) in [5.74, 6) is -0.578. The largest absolute Gasteiger partial charge is 0.388 e. The molecule has 0 aromatic heterocycles. The van der Waals surface area contributed by atoms with Crippen LogP contribution in [0.15, 0.2) is 36.4 Å². The average molecular weight is 287 g/mol. The Morgan fingerprint density at radius 3 is 2.29 bits per heavy atom. The lowest BCUT2D eigenvalue weighted by Crippen LogP contribution is -2.20. The highest BCUT2D eigenvalue weighted by atomic mass is 19.1. The molecule has 21 heavy (non-hydrogen) atoms. The lowest BCUT2D eigenvalue weighted by Gasteiger charge is -2.23. The second-order valence-electron chi connectivity index (χ2n) is 5.69. The van der Waals surface area contributed by atoms with Crippen LogP contribution in [0.3, 0.4) is 0 Å². The first kappa shape index (κ1) is 15.7. The summed E-state index contributed by atoms with van der Waals surface area (Å²) in [6.07, 6.45) is -0.813. The molecule has 0 saturated heterocycles. The Morgan fingerprint density at radius 2 is 1.71 bits per heavy atom. The Hall–Kier alpha value is -1.71. The molecule has 2 rings (SSSR count). The highest BCUT2D eigenvalue weighted by Gasteiger charge is 2.22. The number of rotatable bonds is 4. The normalized spacial score (nSPS) is 14.0. The minimum absolute atomic E-state index is 0.245. The first-order valence-electron chi connectivity index (χ1n) is 7.14. The first-order valence-corrected chi connectivity index (χ1v) is 7.14. The van der Waals surface area contributed by atoms with Gasteiger partial charge in [0.25, 0.3) is 0 Å². The Balaban J connectivity index is 2.37. The molecule has 0 bridgehead atoms. The predicted molar refractivity (Wildman–Crippen MR) is 83.8 cm³/mol. The molecule has 0 aliphatic carbocycles. The molecule has 2 atom stereocenters. The zero-order valence-electron chi connectivity index (χ0n) is 12.7. The number of halogens is 1. The second kappa shape index (κ2) is 6.37. The van der Waals surface area contributed by atoms with Crippen molar-refractivity contribution in [3.8, 4) is 0 Å². The number of aryl methyl sites for hydroxylation is 3. The zero-order valence-corrected chi connectivity index (χ0v) is 12.7. The zero-order chi connectivity index (χ0) is 15.6. The third-order valence-electron chi connectivity index (χ3n) is 4.00. The van der Waals surface area contributed by atoms with E-state index in [2.05, 4.69) is 0 Å². The topological polar surface area (TPSA) is 46.2 Å². The van der Waals surface area contributed by atoms with Gasteiger partial charge < -0.3 is 10.8 Å². The van der Waals surface area contributed by atoms with E-state index in [1.165, 1.54) is 17.7 Å². The van der Waals surface area contributed by atoms with Crippen molar-refractivity contribution in [1.29, 1.82) is 0 Å². The van der Waals surface area contributed by atoms with Crippen molar-refractivity contribution in [2.45, 2.75) is 32.8 Å². The van der Waals surface area contributed by atoms with E-state index < -0.39 is 6.10 Å². The van der Waals surface area contributed by atoms with Crippen LogP contribution in [0.1, 0.15) is 39.8 Å². The molecule has 0 aliphatic heterocycles. The molecule has 0 heterocycles. The summed E-state index contributed by atoms with van der Waals surface area (Å²) in [4.78, 5) is 0. The Kier molecular flexibility index (Phi) is 4.76. The van der Waals surface area contributed by atoms with Gasteiger partial charge in [-0.2, -0.15) is 0 Å². The highest BCUT2D eigenvalue weighted by Crippen LogP contribution is 2.31. The Labute approximate surface area is 125 Å². The first-order chi connectivity index (χ1) is 9.92. The summed E-state index contributed by atoms with van der Waals surface area (Å²) >= 11 is 0. The smallest absolute Gasteiger partial charge is 0.123 e. The Morgan fingerprint density at radius 1 is 1.00 bits per heavy atom. The molecule has 0 amide bonds. The SMILES string of the molecule is Cc1cc(F)cc(C(O)C(CN)c2ccc(C)c(C)c2)c1. The van der Waals surface area contributed by atoms with Crippen molar-refractivity contribution in [3.05, 3.63) is 70.0 Å². The van der Waals surface area contributed by atoms with Gasteiger partial charge in [-0.1, -0.05) is 24.3 Å². The predicted octanol–water partition coefficient (Wildman–Crippen LogP) is 3.53. The lowest BCUT2D eigenvalue weighted by atomic mass is 9.87. The molecule has 2 aromatic rings. The van der Waals surface area contributed by atoms with Crippen molar-refractivity contribution >= 4 is 0 Å². The van der Waals surface area contributed by atoms with Crippen LogP contribution >= 0.6 is 0 Å². The van der Waals surface area contributed by atoms with Crippen LogP contribution in [-0.4, -0.2) is 11.7 Å². The van der Waals surface area contributed by atoms with E-state index in [9.17, 15) is 9.50 Å². The summed E-state index contributed by atoms with van der Waals surface area (Å²) in [7, 11) is 0. The average Bonchev–Trinajstić information content (AvgIpc) is 2.42. The van der Waals surface area contributed by atoms with Crippen molar-refractivity contribution in [3.63, 3.8) is 0 Å². The number of aliphatic hydroxyl groups excluding tert-OH is 1. The van der Waals surface area contributed by atoms with Gasteiger partial charge in [-0.3, -0.25) is 0 Å². The third kappa shape index (κ3) is 3.49.